The maximum Gasteiger partial charge on any atom is 0.257 e. The number of H-pyrrole nitrogens is 1. The first-order chi connectivity index (χ1) is 7.72. The second-order valence-corrected chi connectivity index (χ2v) is 4.21. The van der Waals surface area contributed by atoms with Crippen molar-refractivity contribution < 1.29 is 9.53 Å². The van der Waals surface area contributed by atoms with Gasteiger partial charge >= 0.3 is 0 Å². The summed E-state index contributed by atoms with van der Waals surface area (Å²) < 4.78 is 5.49. The maximum atomic E-state index is 12.1. The zero-order valence-electron chi connectivity index (χ0n) is 9.02. The molecule has 1 fully saturated rings. The van der Waals surface area contributed by atoms with Crippen LogP contribution in [-0.4, -0.2) is 52.2 Å². The standard InChI is InChI=1S/C10H14ClN3O2/c1-7-6-16-9(2-11)5-14(7)10(15)8-3-12-13-4-8/h3-4,7,9H,2,5-6H2,1H3,(H,12,13). The van der Waals surface area contributed by atoms with Crippen LogP contribution < -0.4 is 0 Å². The lowest BCUT2D eigenvalue weighted by molar-refractivity contribution is -0.0371. The van der Waals surface area contributed by atoms with Crippen LogP contribution in [0.2, 0.25) is 0 Å². The van der Waals surface area contributed by atoms with Gasteiger partial charge in [-0.05, 0) is 6.92 Å². The van der Waals surface area contributed by atoms with E-state index in [0.717, 1.165) is 0 Å². The largest absolute Gasteiger partial charge is 0.373 e. The first-order valence-corrected chi connectivity index (χ1v) is 5.73. The summed E-state index contributed by atoms with van der Waals surface area (Å²) >= 11 is 5.74. The van der Waals surface area contributed by atoms with Gasteiger partial charge in [-0.25, -0.2) is 0 Å². The molecule has 0 aliphatic carbocycles. The Morgan fingerprint density at radius 2 is 2.62 bits per heavy atom. The van der Waals surface area contributed by atoms with Gasteiger partial charge in [-0.15, -0.1) is 11.6 Å². The summed E-state index contributed by atoms with van der Waals surface area (Å²) in [6, 6.07) is 0.0712. The number of morpholine rings is 1. The number of aromatic amines is 1. The average Bonchev–Trinajstić information content (AvgIpc) is 2.82. The summed E-state index contributed by atoms with van der Waals surface area (Å²) in [5.74, 6) is 0.377. The summed E-state index contributed by atoms with van der Waals surface area (Å²) in [5.41, 5.74) is 0.571. The van der Waals surface area contributed by atoms with Gasteiger partial charge in [-0.1, -0.05) is 0 Å². The summed E-state index contributed by atoms with van der Waals surface area (Å²) in [4.78, 5) is 13.9. The van der Waals surface area contributed by atoms with E-state index in [1.807, 2.05) is 6.92 Å². The van der Waals surface area contributed by atoms with E-state index in [2.05, 4.69) is 10.2 Å². The van der Waals surface area contributed by atoms with Crippen molar-refractivity contribution in [2.45, 2.75) is 19.1 Å². The molecular weight excluding hydrogens is 230 g/mol. The Balaban J connectivity index is 2.09. The van der Waals surface area contributed by atoms with Crippen molar-refractivity contribution in [3.63, 3.8) is 0 Å². The third kappa shape index (κ3) is 2.20. The highest BCUT2D eigenvalue weighted by Crippen LogP contribution is 2.15. The van der Waals surface area contributed by atoms with E-state index < -0.39 is 0 Å². The number of amides is 1. The predicted octanol–water partition coefficient (Wildman–Crippen LogP) is 0.878. The predicted molar refractivity (Wildman–Crippen MR) is 59.5 cm³/mol. The molecule has 0 aromatic carbocycles. The molecule has 0 radical (unpaired) electrons. The summed E-state index contributed by atoms with van der Waals surface area (Å²) in [6.45, 7) is 3.03. The number of carbonyl (C=O) groups excluding carboxylic acids is 1. The van der Waals surface area contributed by atoms with Crippen LogP contribution in [0.15, 0.2) is 12.4 Å². The number of ether oxygens (including phenoxy) is 1. The van der Waals surface area contributed by atoms with Crippen LogP contribution in [0.1, 0.15) is 17.3 Å². The summed E-state index contributed by atoms with van der Waals surface area (Å²) in [7, 11) is 0. The molecule has 1 N–H and O–H groups in total. The van der Waals surface area contributed by atoms with Crippen molar-refractivity contribution in [3.8, 4) is 0 Å². The SMILES string of the molecule is CC1COC(CCl)CN1C(=O)c1cn[nH]c1. The lowest BCUT2D eigenvalue weighted by Crippen LogP contribution is -2.51. The lowest BCUT2D eigenvalue weighted by Gasteiger charge is -2.37. The highest BCUT2D eigenvalue weighted by atomic mass is 35.5. The van der Waals surface area contributed by atoms with Crippen LogP contribution in [0.5, 0.6) is 0 Å². The second-order valence-electron chi connectivity index (χ2n) is 3.90. The molecule has 1 aliphatic rings. The Hall–Kier alpha value is -1.07. The maximum absolute atomic E-state index is 12.1. The highest BCUT2D eigenvalue weighted by molar-refractivity contribution is 6.18. The second kappa shape index (κ2) is 4.84. The van der Waals surface area contributed by atoms with Crippen molar-refractivity contribution in [2.75, 3.05) is 19.0 Å². The van der Waals surface area contributed by atoms with E-state index in [1.165, 1.54) is 6.20 Å². The average molecular weight is 244 g/mol. The van der Waals surface area contributed by atoms with Gasteiger partial charge < -0.3 is 9.64 Å². The molecule has 2 unspecified atom stereocenters. The van der Waals surface area contributed by atoms with Crippen molar-refractivity contribution in [1.29, 1.82) is 0 Å². The molecule has 2 rings (SSSR count). The number of alkyl halides is 1. The monoisotopic (exact) mass is 243 g/mol. The normalized spacial score (nSPS) is 25.8. The fraction of sp³-hybridized carbons (Fsp3) is 0.600. The van der Waals surface area contributed by atoms with Crippen LogP contribution in [0.4, 0.5) is 0 Å². The highest BCUT2D eigenvalue weighted by Gasteiger charge is 2.30. The Morgan fingerprint density at radius 1 is 1.81 bits per heavy atom. The lowest BCUT2D eigenvalue weighted by atomic mass is 10.1. The molecule has 88 valence electrons. The van der Waals surface area contributed by atoms with Crippen molar-refractivity contribution in [2.24, 2.45) is 0 Å². The quantitative estimate of drug-likeness (QED) is 0.785. The van der Waals surface area contributed by atoms with Crippen LogP contribution in [0.3, 0.4) is 0 Å². The van der Waals surface area contributed by atoms with Crippen LogP contribution in [0, 0.1) is 0 Å². The van der Waals surface area contributed by atoms with Gasteiger partial charge in [0.25, 0.3) is 5.91 Å². The van der Waals surface area contributed by atoms with Gasteiger partial charge in [-0.3, -0.25) is 9.89 Å². The number of halogens is 1. The van der Waals surface area contributed by atoms with E-state index in [9.17, 15) is 4.79 Å². The number of rotatable bonds is 2. The fourth-order valence-electron chi connectivity index (χ4n) is 1.73. The van der Waals surface area contributed by atoms with Crippen LogP contribution >= 0.6 is 11.6 Å². The molecule has 1 aromatic rings. The first-order valence-electron chi connectivity index (χ1n) is 5.19. The fourth-order valence-corrected chi connectivity index (χ4v) is 1.91. The molecule has 0 saturated carbocycles. The Kier molecular flexibility index (Phi) is 3.46. The molecule has 1 amide bonds. The molecule has 2 atom stereocenters. The molecule has 16 heavy (non-hydrogen) atoms. The van der Waals surface area contributed by atoms with Crippen LogP contribution in [-0.2, 0) is 4.74 Å². The molecule has 5 nitrogen and oxygen atoms in total. The third-order valence-corrected chi connectivity index (χ3v) is 3.03. The Morgan fingerprint density at radius 3 is 3.25 bits per heavy atom. The Labute approximate surface area is 98.7 Å². The smallest absolute Gasteiger partial charge is 0.257 e. The molecule has 1 aromatic heterocycles. The minimum Gasteiger partial charge on any atom is -0.373 e. The zero-order valence-corrected chi connectivity index (χ0v) is 9.78. The zero-order chi connectivity index (χ0) is 11.5. The third-order valence-electron chi connectivity index (χ3n) is 2.68. The van der Waals surface area contributed by atoms with Crippen molar-refractivity contribution >= 4 is 17.5 Å². The van der Waals surface area contributed by atoms with E-state index in [4.69, 9.17) is 16.3 Å². The van der Waals surface area contributed by atoms with Gasteiger partial charge in [0.05, 0.1) is 36.4 Å². The molecule has 0 bridgehead atoms. The van der Waals surface area contributed by atoms with Crippen molar-refractivity contribution in [3.05, 3.63) is 18.0 Å². The van der Waals surface area contributed by atoms with Crippen LogP contribution in [0.25, 0.3) is 0 Å². The van der Waals surface area contributed by atoms with Gasteiger partial charge in [0, 0.05) is 12.7 Å². The number of hydrogen-bond acceptors (Lipinski definition) is 3. The van der Waals surface area contributed by atoms with Gasteiger partial charge in [0.1, 0.15) is 0 Å². The van der Waals surface area contributed by atoms with Gasteiger partial charge in [0.2, 0.25) is 0 Å². The van der Waals surface area contributed by atoms with Gasteiger partial charge in [-0.2, -0.15) is 5.10 Å². The first kappa shape index (κ1) is 11.4. The molecule has 2 heterocycles. The van der Waals surface area contributed by atoms with E-state index in [-0.39, 0.29) is 18.1 Å². The number of aromatic nitrogens is 2. The topological polar surface area (TPSA) is 58.2 Å². The van der Waals surface area contributed by atoms with Gasteiger partial charge in [0.15, 0.2) is 0 Å². The molecule has 1 aliphatic heterocycles. The number of hydrogen-bond donors (Lipinski definition) is 1. The molecule has 6 heteroatoms. The molecule has 1 saturated heterocycles. The van der Waals surface area contributed by atoms with E-state index >= 15 is 0 Å². The molecule has 0 spiro atoms. The molecular formula is C10H14ClN3O2. The van der Waals surface area contributed by atoms with E-state index in [1.54, 1.807) is 11.1 Å². The minimum absolute atomic E-state index is 0.0281. The Bertz CT molecular complexity index is 355. The number of nitrogens with zero attached hydrogens (tertiary/aromatic N) is 2. The number of nitrogens with one attached hydrogen (secondary N) is 1. The van der Waals surface area contributed by atoms with E-state index in [0.29, 0.717) is 24.6 Å². The summed E-state index contributed by atoms with van der Waals surface area (Å²) in [6.07, 6.45) is 3.05. The number of carbonyl (C=O) groups is 1. The minimum atomic E-state index is -0.0753. The van der Waals surface area contributed by atoms with Crippen molar-refractivity contribution in [1.82, 2.24) is 15.1 Å². The summed E-state index contributed by atoms with van der Waals surface area (Å²) in [5, 5.41) is 6.41.